The molecule has 0 atom stereocenters. The van der Waals surface area contributed by atoms with Crippen molar-refractivity contribution in [1.29, 1.82) is 0 Å². The van der Waals surface area contributed by atoms with E-state index < -0.39 is 0 Å². The smallest absolute Gasteiger partial charge is 0.130 e. The zero-order chi connectivity index (χ0) is 14.5. The van der Waals surface area contributed by atoms with Gasteiger partial charge in [0.15, 0.2) is 0 Å². The number of hydrogen-bond acceptors (Lipinski definition) is 4. The topological polar surface area (TPSA) is 31.4 Å². The van der Waals surface area contributed by atoms with E-state index in [1.807, 2.05) is 42.9 Å². The minimum absolute atomic E-state index is 0.765. The van der Waals surface area contributed by atoms with E-state index in [9.17, 15) is 0 Å². The maximum Gasteiger partial charge on any atom is 0.130 e. The Morgan fingerprint density at radius 1 is 1.20 bits per heavy atom. The quantitative estimate of drug-likeness (QED) is 0.818. The molecule has 0 saturated heterocycles. The normalized spacial score (nSPS) is 10.8. The molecule has 20 heavy (non-hydrogen) atoms. The van der Waals surface area contributed by atoms with Gasteiger partial charge in [-0.1, -0.05) is 12.7 Å². The molecule has 1 heterocycles. The summed E-state index contributed by atoms with van der Waals surface area (Å²) < 4.78 is 10.9. The van der Waals surface area contributed by atoms with E-state index in [0.717, 1.165) is 33.1 Å². The summed E-state index contributed by atoms with van der Waals surface area (Å²) in [6, 6.07) is 3.95. The Balaban J connectivity index is 2.43. The van der Waals surface area contributed by atoms with Crippen molar-refractivity contribution < 1.29 is 9.47 Å². The largest absolute Gasteiger partial charge is 0.496 e. The van der Waals surface area contributed by atoms with E-state index in [0.29, 0.717) is 0 Å². The first-order valence-electron chi connectivity index (χ1n) is 6.14. The van der Waals surface area contributed by atoms with E-state index in [2.05, 4.69) is 11.6 Å². The number of rotatable bonds is 5. The van der Waals surface area contributed by atoms with Crippen LogP contribution >= 0.6 is 11.3 Å². The fraction of sp³-hybridized carbons (Fsp3) is 0.188. The molecule has 2 aromatic rings. The molecule has 0 aliphatic rings. The Morgan fingerprint density at radius 2 is 1.85 bits per heavy atom. The molecule has 0 spiro atoms. The van der Waals surface area contributed by atoms with Crippen molar-refractivity contribution in [2.45, 2.75) is 6.92 Å². The molecular formula is C16H17NO2S. The number of allylic oxidation sites excluding steroid dienone is 1. The Kier molecular flexibility index (Phi) is 4.58. The first-order valence-corrected chi connectivity index (χ1v) is 7.02. The second-order valence-corrected chi connectivity index (χ2v) is 5.24. The third kappa shape index (κ3) is 3.08. The van der Waals surface area contributed by atoms with Gasteiger partial charge in [0.1, 0.15) is 11.5 Å². The van der Waals surface area contributed by atoms with Crippen LogP contribution in [0.3, 0.4) is 0 Å². The molecule has 0 radical (unpaired) electrons. The third-order valence-electron chi connectivity index (χ3n) is 2.85. The number of thiazole rings is 1. The molecule has 0 saturated carbocycles. The highest BCUT2D eigenvalue weighted by atomic mass is 32.1. The predicted molar refractivity (Wildman–Crippen MR) is 85.3 cm³/mol. The summed E-state index contributed by atoms with van der Waals surface area (Å²) in [4.78, 5) is 5.15. The summed E-state index contributed by atoms with van der Waals surface area (Å²) >= 11 is 1.60. The van der Waals surface area contributed by atoms with Crippen molar-refractivity contribution in [3.63, 3.8) is 0 Å². The minimum Gasteiger partial charge on any atom is -0.496 e. The van der Waals surface area contributed by atoms with Gasteiger partial charge in [0.25, 0.3) is 0 Å². The molecule has 0 amide bonds. The van der Waals surface area contributed by atoms with Gasteiger partial charge >= 0.3 is 0 Å². The van der Waals surface area contributed by atoms with Gasteiger partial charge in [-0.05, 0) is 36.3 Å². The van der Waals surface area contributed by atoms with Crippen LogP contribution in [0.1, 0.15) is 22.9 Å². The Morgan fingerprint density at radius 3 is 2.30 bits per heavy atom. The van der Waals surface area contributed by atoms with Gasteiger partial charge in [-0.3, -0.25) is 4.98 Å². The predicted octanol–water partition coefficient (Wildman–Crippen LogP) is 4.36. The zero-order valence-electron chi connectivity index (χ0n) is 11.8. The highest BCUT2D eigenvalue weighted by molar-refractivity contribution is 7.10. The van der Waals surface area contributed by atoms with Gasteiger partial charge in [-0.15, -0.1) is 11.3 Å². The van der Waals surface area contributed by atoms with E-state index in [4.69, 9.17) is 9.47 Å². The summed E-state index contributed by atoms with van der Waals surface area (Å²) in [6.07, 6.45) is 5.87. The maximum absolute atomic E-state index is 5.44. The molecule has 1 aromatic heterocycles. The standard InChI is InChI=1S/C16H17NO2S/c1-11(2)16-14(18-3)7-12(8-15(16)19-4)5-6-13-9-17-10-20-13/h5-10H,1H2,2-4H3. The monoisotopic (exact) mass is 287 g/mol. The lowest BCUT2D eigenvalue weighted by Gasteiger charge is -2.14. The van der Waals surface area contributed by atoms with E-state index in [1.54, 1.807) is 25.6 Å². The molecule has 104 valence electrons. The molecule has 3 nitrogen and oxygen atoms in total. The third-order valence-corrected chi connectivity index (χ3v) is 3.59. The fourth-order valence-electron chi connectivity index (χ4n) is 1.94. The van der Waals surface area contributed by atoms with Crippen LogP contribution in [0.2, 0.25) is 0 Å². The SMILES string of the molecule is C=C(C)c1c(OC)cc(C=Cc2cncs2)cc1OC. The van der Waals surface area contributed by atoms with Gasteiger partial charge in [-0.2, -0.15) is 0 Å². The second kappa shape index (κ2) is 6.39. The Labute approximate surface area is 123 Å². The summed E-state index contributed by atoms with van der Waals surface area (Å²) in [5.74, 6) is 1.53. The molecular weight excluding hydrogens is 270 g/mol. The summed E-state index contributed by atoms with van der Waals surface area (Å²) in [5.41, 5.74) is 4.64. The van der Waals surface area contributed by atoms with Crippen molar-refractivity contribution >= 4 is 29.1 Å². The second-order valence-electron chi connectivity index (χ2n) is 4.32. The van der Waals surface area contributed by atoms with Crippen LogP contribution in [0.5, 0.6) is 11.5 Å². The first-order chi connectivity index (χ1) is 9.65. The van der Waals surface area contributed by atoms with Crippen LogP contribution in [-0.2, 0) is 0 Å². The average Bonchev–Trinajstić information content (AvgIpc) is 2.96. The van der Waals surface area contributed by atoms with Crippen LogP contribution in [0.4, 0.5) is 0 Å². The van der Waals surface area contributed by atoms with Crippen LogP contribution in [0, 0.1) is 0 Å². The van der Waals surface area contributed by atoms with Gasteiger partial charge in [0, 0.05) is 11.1 Å². The molecule has 2 rings (SSSR count). The van der Waals surface area contributed by atoms with Crippen LogP contribution < -0.4 is 9.47 Å². The van der Waals surface area contributed by atoms with E-state index in [-0.39, 0.29) is 0 Å². The minimum atomic E-state index is 0.765. The first kappa shape index (κ1) is 14.3. The van der Waals surface area contributed by atoms with Crippen molar-refractivity contribution in [3.05, 3.63) is 46.4 Å². The zero-order valence-corrected chi connectivity index (χ0v) is 12.7. The van der Waals surface area contributed by atoms with E-state index in [1.165, 1.54) is 0 Å². The van der Waals surface area contributed by atoms with Crippen LogP contribution in [0.25, 0.3) is 17.7 Å². The Hall–Kier alpha value is -2.07. The van der Waals surface area contributed by atoms with Crippen LogP contribution in [-0.4, -0.2) is 19.2 Å². The number of hydrogen-bond donors (Lipinski definition) is 0. The molecule has 1 aromatic carbocycles. The van der Waals surface area contributed by atoms with Gasteiger partial charge in [-0.25, -0.2) is 0 Å². The average molecular weight is 287 g/mol. The lowest BCUT2D eigenvalue weighted by Crippen LogP contribution is -1.95. The fourth-order valence-corrected chi connectivity index (χ4v) is 2.45. The number of ether oxygens (including phenoxy) is 2. The molecule has 0 fully saturated rings. The van der Waals surface area contributed by atoms with Crippen LogP contribution in [0.15, 0.2) is 30.4 Å². The lowest BCUT2D eigenvalue weighted by atomic mass is 10.0. The Bertz CT molecular complexity index is 605. The van der Waals surface area contributed by atoms with E-state index >= 15 is 0 Å². The molecule has 0 aliphatic heterocycles. The molecule has 0 N–H and O–H groups in total. The van der Waals surface area contributed by atoms with Crippen molar-refractivity contribution in [2.75, 3.05) is 14.2 Å². The molecule has 0 aliphatic carbocycles. The molecule has 0 unspecified atom stereocenters. The molecule has 0 bridgehead atoms. The van der Waals surface area contributed by atoms with Gasteiger partial charge in [0.05, 0.1) is 25.3 Å². The van der Waals surface area contributed by atoms with Gasteiger partial charge in [0.2, 0.25) is 0 Å². The number of benzene rings is 1. The lowest BCUT2D eigenvalue weighted by molar-refractivity contribution is 0.392. The van der Waals surface area contributed by atoms with Gasteiger partial charge < -0.3 is 9.47 Å². The number of nitrogens with zero attached hydrogens (tertiary/aromatic N) is 1. The van der Waals surface area contributed by atoms with Crippen molar-refractivity contribution in [3.8, 4) is 11.5 Å². The van der Waals surface area contributed by atoms with Crippen molar-refractivity contribution in [1.82, 2.24) is 4.98 Å². The number of methoxy groups -OCH3 is 2. The summed E-state index contributed by atoms with van der Waals surface area (Å²) in [7, 11) is 3.30. The molecule has 4 heteroatoms. The number of aromatic nitrogens is 1. The summed E-state index contributed by atoms with van der Waals surface area (Å²) in [6.45, 7) is 5.91. The maximum atomic E-state index is 5.44. The summed E-state index contributed by atoms with van der Waals surface area (Å²) in [5, 5.41) is 0. The highest BCUT2D eigenvalue weighted by Crippen LogP contribution is 2.35. The van der Waals surface area contributed by atoms with Crippen molar-refractivity contribution in [2.24, 2.45) is 0 Å². The highest BCUT2D eigenvalue weighted by Gasteiger charge is 2.12.